The summed E-state index contributed by atoms with van der Waals surface area (Å²) in [6, 6.07) is 4.17. The summed E-state index contributed by atoms with van der Waals surface area (Å²) in [6.45, 7) is -0.507. The van der Waals surface area contributed by atoms with Gasteiger partial charge in [0.25, 0.3) is 10.1 Å². The van der Waals surface area contributed by atoms with Gasteiger partial charge in [-0.3, -0.25) is 9.11 Å². The number of hydrogen-bond donors (Lipinski definition) is 4. The first-order chi connectivity index (χ1) is 12.4. The minimum Gasteiger partial charge on any atom is -0.493 e. The zero-order valence-electron chi connectivity index (χ0n) is 13.1. The molecule has 13 nitrogen and oxygen atoms in total. The molecule has 1 heterocycles. The van der Waals surface area contributed by atoms with Crippen LogP contribution in [0.15, 0.2) is 29.2 Å². The normalized spacial score (nSPS) is 12.1. The molecule has 2 rings (SSSR count). The molecule has 1 aromatic carbocycles. The highest BCUT2D eigenvalue weighted by Gasteiger charge is 2.22. The van der Waals surface area contributed by atoms with Crippen molar-refractivity contribution < 1.29 is 49.9 Å². The van der Waals surface area contributed by atoms with E-state index in [-0.39, 0.29) is 17.7 Å². The highest BCUT2D eigenvalue weighted by molar-refractivity contribution is 7.86. The lowest BCUT2D eigenvalue weighted by Crippen LogP contribution is -2.10. The van der Waals surface area contributed by atoms with Gasteiger partial charge >= 0.3 is 16.6 Å². The van der Waals surface area contributed by atoms with E-state index in [4.69, 9.17) is 9.66 Å². The number of aromatic nitrogens is 2. The Morgan fingerprint density at radius 1 is 1.15 bits per heavy atom. The fourth-order valence-corrected chi connectivity index (χ4v) is 3.04. The second kappa shape index (κ2) is 7.49. The summed E-state index contributed by atoms with van der Waals surface area (Å²) >= 11 is 0. The van der Waals surface area contributed by atoms with E-state index >= 15 is 0 Å². The molecule has 0 radical (unpaired) electrons. The maximum absolute atomic E-state index is 11.6. The minimum atomic E-state index is -4.83. The molecule has 148 valence electrons. The summed E-state index contributed by atoms with van der Waals surface area (Å²) in [5.41, 5.74) is -0.140. The van der Waals surface area contributed by atoms with E-state index < -0.39 is 49.9 Å². The second-order valence-corrected chi connectivity index (χ2v) is 7.38. The van der Waals surface area contributed by atoms with E-state index in [1.54, 1.807) is 0 Å². The number of hydrogen-bond acceptors (Lipinski definition) is 9. The van der Waals surface area contributed by atoms with Crippen LogP contribution in [0.4, 0.5) is 4.79 Å². The van der Waals surface area contributed by atoms with Crippen LogP contribution in [-0.4, -0.2) is 58.7 Å². The summed E-state index contributed by atoms with van der Waals surface area (Å²) < 4.78 is 71.2. The Bertz CT molecular complexity index is 1070. The van der Waals surface area contributed by atoms with Crippen LogP contribution in [0.2, 0.25) is 0 Å². The summed E-state index contributed by atoms with van der Waals surface area (Å²) in [5.74, 6) is -1.23. The number of rotatable bonds is 7. The SMILES string of the molecule is O=C(O)Oc1cc(O)n(-c2ccc(CCOS(=O)(=O)O)cc2S(=O)(=O)O)n1. The van der Waals surface area contributed by atoms with Crippen molar-refractivity contribution in [2.75, 3.05) is 6.61 Å². The van der Waals surface area contributed by atoms with Crippen LogP contribution >= 0.6 is 0 Å². The van der Waals surface area contributed by atoms with Crippen molar-refractivity contribution in [2.24, 2.45) is 0 Å². The average Bonchev–Trinajstić information content (AvgIpc) is 2.84. The molecular weight excluding hydrogens is 412 g/mol. The van der Waals surface area contributed by atoms with Gasteiger partial charge in [-0.05, 0) is 24.1 Å². The van der Waals surface area contributed by atoms with Crippen molar-refractivity contribution in [1.82, 2.24) is 9.78 Å². The largest absolute Gasteiger partial charge is 0.512 e. The van der Waals surface area contributed by atoms with Crippen LogP contribution in [0.3, 0.4) is 0 Å². The Morgan fingerprint density at radius 3 is 2.37 bits per heavy atom. The Morgan fingerprint density at radius 2 is 1.81 bits per heavy atom. The molecule has 0 amide bonds. The zero-order valence-corrected chi connectivity index (χ0v) is 14.7. The van der Waals surface area contributed by atoms with Crippen LogP contribution in [-0.2, 0) is 31.1 Å². The number of carboxylic acid groups (broad SMARTS) is 1. The van der Waals surface area contributed by atoms with Gasteiger partial charge in [0.05, 0.1) is 18.4 Å². The molecule has 0 atom stereocenters. The van der Waals surface area contributed by atoms with Crippen LogP contribution in [0.25, 0.3) is 5.69 Å². The van der Waals surface area contributed by atoms with E-state index in [0.717, 1.165) is 18.2 Å². The van der Waals surface area contributed by atoms with Crippen molar-refractivity contribution in [3.63, 3.8) is 0 Å². The Balaban J connectivity index is 2.43. The molecule has 2 aromatic rings. The standard InChI is InChI=1S/C12H12N2O11S2/c15-11-6-10(25-12(16)17)13-14(11)8-2-1-7(3-4-24-27(21,22)23)5-9(8)26(18,19)20/h1-2,5-6,15H,3-4H2,(H,16,17)(H,18,19,20)(H,21,22,23). The summed E-state index contributed by atoms with van der Waals surface area (Å²) in [6.07, 6.45) is -1.87. The van der Waals surface area contributed by atoms with Gasteiger partial charge < -0.3 is 14.9 Å². The molecule has 0 saturated heterocycles. The van der Waals surface area contributed by atoms with Gasteiger partial charge in [0.15, 0.2) is 0 Å². The average molecular weight is 424 g/mol. The molecule has 0 aliphatic heterocycles. The molecule has 4 N–H and O–H groups in total. The zero-order chi connectivity index (χ0) is 20.4. The molecule has 0 aliphatic carbocycles. The lowest BCUT2D eigenvalue weighted by Gasteiger charge is -2.10. The Labute approximate surface area is 152 Å². The maximum Gasteiger partial charge on any atom is 0.512 e. The molecule has 15 heteroatoms. The highest BCUT2D eigenvalue weighted by atomic mass is 32.3. The van der Waals surface area contributed by atoms with Gasteiger partial charge in [-0.1, -0.05) is 6.07 Å². The molecule has 0 spiro atoms. The highest BCUT2D eigenvalue weighted by Crippen LogP contribution is 2.28. The van der Waals surface area contributed by atoms with E-state index in [9.17, 15) is 31.3 Å². The van der Waals surface area contributed by atoms with E-state index in [1.165, 1.54) is 6.07 Å². The smallest absolute Gasteiger partial charge is 0.493 e. The van der Waals surface area contributed by atoms with Crippen molar-refractivity contribution in [3.8, 4) is 17.4 Å². The fraction of sp³-hybridized carbons (Fsp3) is 0.167. The van der Waals surface area contributed by atoms with Gasteiger partial charge in [0.2, 0.25) is 11.8 Å². The molecule has 0 saturated carbocycles. The van der Waals surface area contributed by atoms with Crippen molar-refractivity contribution in [2.45, 2.75) is 11.3 Å². The molecule has 1 aromatic heterocycles. The maximum atomic E-state index is 11.6. The van der Waals surface area contributed by atoms with E-state index in [0.29, 0.717) is 4.68 Å². The summed E-state index contributed by atoms with van der Waals surface area (Å²) in [4.78, 5) is 9.79. The van der Waals surface area contributed by atoms with E-state index in [2.05, 4.69) is 14.0 Å². The first-order valence-electron chi connectivity index (χ1n) is 6.79. The minimum absolute atomic E-state index is 0.152. The van der Waals surface area contributed by atoms with Crippen LogP contribution in [0, 0.1) is 0 Å². The third-order valence-corrected chi connectivity index (χ3v) is 4.36. The van der Waals surface area contributed by atoms with Gasteiger partial charge in [-0.25, -0.2) is 8.98 Å². The first kappa shape index (κ1) is 20.6. The quantitative estimate of drug-likeness (QED) is 0.349. The first-order valence-corrected chi connectivity index (χ1v) is 9.60. The predicted octanol–water partition coefficient (Wildman–Crippen LogP) is 0.243. The van der Waals surface area contributed by atoms with Gasteiger partial charge in [-0.15, -0.1) is 5.10 Å². The molecule has 0 unspecified atom stereocenters. The third-order valence-electron chi connectivity index (χ3n) is 3.01. The molecule has 27 heavy (non-hydrogen) atoms. The molecule has 0 fully saturated rings. The number of benzene rings is 1. The fourth-order valence-electron chi connectivity index (χ4n) is 2.03. The summed E-state index contributed by atoms with van der Waals surface area (Å²) in [7, 11) is -9.50. The topological polar surface area (TPSA) is 203 Å². The predicted molar refractivity (Wildman–Crippen MR) is 84.9 cm³/mol. The van der Waals surface area contributed by atoms with Crippen molar-refractivity contribution >= 4 is 26.7 Å². The second-order valence-electron chi connectivity index (χ2n) is 4.90. The third kappa shape index (κ3) is 5.63. The monoisotopic (exact) mass is 424 g/mol. The van der Waals surface area contributed by atoms with Crippen LogP contribution in [0.1, 0.15) is 5.56 Å². The molecule has 0 bridgehead atoms. The molecule has 0 aliphatic rings. The van der Waals surface area contributed by atoms with Crippen molar-refractivity contribution in [3.05, 3.63) is 29.8 Å². The van der Waals surface area contributed by atoms with E-state index in [1.807, 2.05) is 0 Å². The number of carbonyl (C=O) groups is 1. The Kier molecular flexibility index (Phi) is 5.71. The van der Waals surface area contributed by atoms with Gasteiger partial charge in [0, 0.05) is 0 Å². The van der Waals surface area contributed by atoms with Gasteiger partial charge in [-0.2, -0.15) is 21.5 Å². The number of ether oxygens (including phenoxy) is 1. The van der Waals surface area contributed by atoms with Crippen LogP contribution < -0.4 is 4.74 Å². The van der Waals surface area contributed by atoms with Gasteiger partial charge in [0.1, 0.15) is 4.90 Å². The number of aromatic hydroxyl groups is 1. The van der Waals surface area contributed by atoms with Crippen molar-refractivity contribution in [1.29, 1.82) is 0 Å². The lowest BCUT2D eigenvalue weighted by atomic mass is 10.1. The number of nitrogens with zero attached hydrogens (tertiary/aromatic N) is 2. The summed E-state index contributed by atoms with van der Waals surface area (Å²) in [5, 5.41) is 21.9. The lowest BCUT2D eigenvalue weighted by molar-refractivity contribution is 0.142. The molecular formula is C12H12N2O11S2. The van der Waals surface area contributed by atoms with Crippen LogP contribution in [0.5, 0.6) is 11.8 Å². The Hall–Kier alpha value is -2.72.